The molecule has 3 rings (SSSR count). The molecule has 7 nitrogen and oxygen atoms in total. The fourth-order valence-corrected chi connectivity index (χ4v) is 2.54. The Labute approximate surface area is 165 Å². The van der Waals surface area contributed by atoms with Gasteiger partial charge in [0, 0.05) is 22.5 Å². The van der Waals surface area contributed by atoms with Gasteiger partial charge < -0.3 is 15.0 Å². The lowest BCUT2D eigenvalue weighted by molar-refractivity contribution is 0.0526. The third-order valence-electron chi connectivity index (χ3n) is 3.82. The van der Waals surface area contributed by atoms with Crippen LogP contribution in [0.1, 0.15) is 27.6 Å². The minimum absolute atomic E-state index is 0.132. The second-order valence-corrected chi connectivity index (χ2v) is 6.17. The molecular weight excluding hydrogens is 382 g/mol. The van der Waals surface area contributed by atoms with E-state index >= 15 is 0 Å². The third kappa shape index (κ3) is 4.44. The monoisotopic (exact) mass is 397 g/mol. The zero-order valence-corrected chi connectivity index (χ0v) is 15.6. The van der Waals surface area contributed by atoms with Gasteiger partial charge in [-0.05, 0) is 55.5 Å². The largest absolute Gasteiger partial charge is 0.462 e. The van der Waals surface area contributed by atoms with E-state index < -0.39 is 17.4 Å². The maximum absolute atomic E-state index is 12.4. The number of carbonyl (C=O) groups excluding carboxylic acids is 2. The Balaban J connectivity index is 1.75. The first-order chi connectivity index (χ1) is 13.5. The summed E-state index contributed by atoms with van der Waals surface area (Å²) in [6.07, 6.45) is 1.21. The van der Waals surface area contributed by atoms with Gasteiger partial charge in [-0.2, -0.15) is 0 Å². The Kier molecular flexibility index (Phi) is 5.86. The van der Waals surface area contributed by atoms with Gasteiger partial charge in [0.25, 0.3) is 11.5 Å². The molecule has 3 aromatic rings. The maximum Gasteiger partial charge on any atom is 0.338 e. The minimum atomic E-state index is -0.611. The van der Waals surface area contributed by atoms with E-state index in [-0.39, 0.29) is 12.2 Å². The number of aromatic nitrogens is 2. The summed E-state index contributed by atoms with van der Waals surface area (Å²) in [6.45, 7) is 2.00. The van der Waals surface area contributed by atoms with Gasteiger partial charge in [-0.15, -0.1) is 0 Å². The van der Waals surface area contributed by atoms with Gasteiger partial charge in [-0.25, -0.2) is 9.78 Å². The highest BCUT2D eigenvalue weighted by Gasteiger charge is 2.14. The molecule has 2 N–H and O–H groups in total. The second kappa shape index (κ2) is 8.49. The molecule has 0 radical (unpaired) electrons. The summed E-state index contributed by atoms with van der Waals surface area (Å²) in [7, 11) is 0. The number of aromatic amines is 1. The van der Waals surface area contributed by atoms with E-state index in [1.165, 1.54) is 18.3 Å². The zero-order chi connectivity index (χ0) is 20.1. The highest BCUT2D eigenvalue weighted by Crippen LogP contribution is 2.17. The Morgan fingerprint density at radius 3 is 2.39 bits per heavy atom. The fraction of sp³-hybridized carbons (Fsp3) is 0.100. The average molecular weight is 398 g/mol. The summed E-state index contributed by atoms with van der Waals surface area (Å²) in [5.41, 5.74) is 0.765. The van der Waals surface area contributed by atoms with Crippen LogP contribution in [0.25, 0.3) is 11.4 Å². The average Bonchev–Trinajstić information content (AvgIpc) is 2.69. The van der Waals surface area contributed by atoms with Gasteiger partial charge in [0.1, 0.15) is 11.4 Å². The van der Waals surface area contributed by atoms with Crippen LogP contribution in [0.3, 0.4) is 0 Å². The highest BCUT2D eigenvalue weighted by molar-refractivity contribution is 6.30. The van der Waals surface area contributed by atoms with Crippen molar-refractivity contribution in [3.05, 3.63) is 81.2 Å². The molecule has 0 saturated heterocycles. The van der Waals surface area contributed by atoms with Gasteiger partial charge in [-0.3, -0.25) is 9.59 Å². The number of nitrogens with one attached hydrogen (secondary N) is 2. The topological polar surface area (TPSA) is 101 Å². The Hall–Kier alpha value is -3.45. The quantitative estimate of drug-likeness (QED) is 0.641. The van der Waals surface area contributed by atoms with Gasteiger partial charge >= 0.3 is 5.97 Å². The lowest BCUT2D eigenvalue weighted by Gasteiger charge is -2.07. The summed E-state index contributed by atoms with van der Waals surface area (Å²) >= 11 is 5.85. The number of hydrogen-bond acceptors (Lipinski definition) is 5. The first kappa shape index (κ1) is 19.3. The third-order valence-corrected chi connectivity index (χ3v) is 4.07. The summed E-state index contributed by atoms with van der Waals surface area (Å²) < 4.78 is 4.90. The number of esters is 1. The lowest BCUT2D eigenvalue weighted by atomic mass is 10.2. The molecule has 1 heterocycles. The minimum Gasteiger partial charge on any atom is -0.462 e. The lowest BCUT2D eigenvalue weighted by Crippen LogP contribution is -2.24. The Morgan fingerprint density at radius 1 is 1.11 bits per heavy atom. The normalized spacial score (nSPS) is 10.4. The van der Waals surface area contributed by atoms with Crippen LogP contribution in [0, 0.1) is 0 Å². The molecule has 0 fully saturated rings. The number of H-pyrrole nitrogens is 1. The molecule has 142 valence electrons. The fourth-order valence-electron chi connectivity index (χ4n) is 2.41. The van der Waals surface area contributed by atoms with Crippen LogP contribution >= 0.6 is 11.6 Å². The van der Waals surface area contributed by atoms with Crippen molar-refractivity contribution in [2.24, 2.45) is 0 Å². The van der Waals surface area contributed by atoms with Crippen molar-refractivity contribution >= 4 is 29.2 Å². The first-order valence-electron chi connectivity index (χ1n) is 8.41. The molecule has 0 bridgehead atoms. The molecule has 0 aliphatic heterocycles. The number of rotatable bonds is 5. The molecule has 0 aliphatic rings. The summed E-state index contributed by atoms with van der Waals surface area (Å²) in [5.74, 6) is -0.726. The van der Waals surface area contributed by atoms with Crippen LogP contribution in [0.2, 0.25) is 5.02 Å². The van der Waals surface area contributed by atoms with Crippen LogP contribution in [0.4, 0.5) is 5.69 Å². The predicted octanol–water partition coefficient (Wildman–Crippen LogP) is 3.52. The van der Waals surface area contributed by atoms with Crippen LogP contribution < -0.4 is 10.9 Å². The molecule has 0 aliphatic carbocycles. The SMILES string of the molecule is CCOC(=O)c1ccc(NC(=O)c2cnc(-c3ccc(Cl)cc3)[nH]c2=O)cc1. The van der Waals surface area contributed by atoms with Crippen molar-refractivity contribution in [3.63, 3.8) is 0 Å². The highest BCUT2D eigenvalue weighted by atomic mass is 35.5. The van der Waals surface area contributed by atoms with Crippen molar-refractivity contribution in [1.29, 1.82) is 0 Å². The molecule has 0 atom stereocenters. The van der Waals surface area contributed by atoms with E-state index in [2.05, 4.69) is 15.3 Å². The molecule has 1 aromatic heterocycles. The number of hydrogen-bond donors (Lipinski definition) is 2. The van der Waals surface area contributed by atoms with Crippen LogP contribution in [-0.4, -0.2) is 28.5 Å². The number of carbonyl (C=O) groups is 2. The van der Waals surface area contributed by atoms with Crippen molar-refractivity contribution in [2.45, 2.75) is 6.92 Å². The van der Waals surface area contributed by atoms with Crippen molar-refractivity contribution in [2.75, 3.05) is 11.9 Å². The number of halogens is 1. The maximum atomic E-state index is 12.4. The molecule has 1 amide bonds. The van der Waals surface area contributed by atoms with Crippen LogP contribution in [-0.2, 0) is 4.74 Å². The number of anilines is 1. The van der Waals surface area contributed by atoms with E-state index in [0.29, 0.717) is 27.7 Å². The van der Waals surface area contributed by atoms with E-state index in [1.54, 1.807) is 43.3 Å². The molecule has 0 spiro atoms. The molecule has 8 heteroatoms. The predicted molar refractivity (Wildman–Crippen MR) is 106 cm³/mol. The smallest absolute Gasteiger partial charge is 0.338 e. The van der Waals surface area contributed by atoms with Gasteiger partial charge in [0.15, 0.2) is 0 Å². The molecule has 0 saturated carbocycles. The number of nitrogens with zero attached hydrogens (tertiary/aromatic N) is 1. The van der Waals surface area contributed by atoms with E-state index in [9.17, 15) is 14.4 Å². The summed E-state index contributed by atoms with van der Waals surface area (Å²) in [5, 5.41) is 3.16. The van der Waals surface area contributed by atoms with E-state index in [1.807, 2.05) is 0 Å². The van der Waals surface area contributed by atoms with Gasteiger partial charge in [0.05, 0.1) is 12.2 Å². The van der Waals surface area contributed by atoms with Crippen LogP contribution in [0.5, 0.6) is 0 Å². The van der Waals surface area contributed by atoms with Crippen molar-refractivity contribution in [3.8, 4) is 11.4 Å². The second-order valence-electron chi connectivity index (χ2n) is 5.73. The molecule has 2 aromatic carbocycles. The van der Waals surface area contributed by atoms with Gasteiger partial charge in [0.2, 0.25) is 0 Å². The molecule has 0 unspecified atom stereocenters. The Morgan fingerprint density at radius 2 is 1.79 bits per heavy atom. The number of amides is 1. The number of benzene rings is 2. The standard InChI is InChI=1S/C20H16ClN3O4/c1-2-28-20(27)13-5-9-15(10-6-13)23-18(25)16-11-22-17(24-19(16)26)12-3-7-14(21)8-4-12/h3-11H,2H2,1H3,(H,23,25)(H,22,24,26). The molecular formula is C20H16ClN3O4. The first-order valence-corrected chi connectivity index (χ1v) is 8.79. The van der Waals surface area contributed by atoms with Crippen molar-refractivity contribution in [1.82, 2.24) is 9.97 Å². The van der Waals surface area contributed by atoms with E-state index in [4.69, 9.17) is 16.3 Å². The summed E-state index contributed by atoms with van der Waals surface area (Å²) in [6, 6.07) is 12.9. The van der Waals surface area contributed by atoms with Crippen molar-refractivity contribution < 1.29 is 14.3 Å². The Bertz CT molecular complexity index is 1060. The summed E-state index contributed by atoms with van der Waals surface area (Å²) in [4.78, 5) is 43.0. The van der Waals surface area contributed by atoms with Crippen LogP contribution in [0.15, 0.2) is 59.5 Å². The zero-order valence-electron chi connectivity index (χ0n) is 14.9. The molecule has 28 heavy (non-hydrogen) atoms. The van der Waals surface area contributed by atoms with Gasteiger partial charge in [-0.1, -0.05) is 11.6 Å². The van der Waals surface area contributed by atoms with E-state index in [0.717, 1.165) is 0 Å². The number of ether oxygens (including phenoxy) is 1.